The lowest BCUT2D eigenvalue weighted by molar-refractivity contribution is -0.139. The Morgan fingerprint density at radius 1 is 1.31 bits per heavy atom. The van der Waals surface area contributed by atoms with Crippen LogP contribution in [0.4, 0.5) is 5.69 Å². The molecule has 1 aliphatic rings. The minimum atomic E-state index is -1.08. The highest BCUT2D eigenvalue weighted by atomic mass is 32.2. The number of methoxy groups -OCH3 is 1. The van der Waals surface area contributed by atoms with Gasteiger partial charge in [-0.2, -0.15) is 0 Å². The lowest BCUT2D eigenvalue weighted by Crippen LogP contribution is -2.30. The van der Waals surface area contributed by atoms with Crippen molar-refractivity contribution in [1.82, 2.24) is 5.32 Å². The van der Waals surface area contributed by atoms with Crippen LogP contribution in [0, 0.1) is 0 Å². The third-order valence-electron chi connectivity index (χ3n) is 4.77. The van der Waals surface area contributed by atoms with Gasteiger partial charge in [0.05, 0.1) is 12.0 Å². The van der Waals surface area contributed by atoms with Crippen LogP contribution in [0.25, 0.3) is 6.08 Å². The number of aliphatic carboxylic acids is 1. The zero-order valence-electron chi connectivity index (χ0n) is 18.0. The number of hydrogen-bond acceptors (Lipinski definition) is 6. The van der Waals surface area contributed by atoms with Gasteiger partial charge in [0, 0.05) is 11.3 Å². The number of carbonyl (C=O) groups excluding carboxylic acids is 1. The summed E-state index contributed by atoms with van der Waals surface area (Å²) in [7, 11) is 1.48. The van der Waals surface area contributed by atoms with Crippen LogP contribution in [0.2, 0.25) is 0 Å². The molecule has 0 saturated carbocycles. The molecular formula is C24H26N2O5S. The fourth-order valence-electron chi connectivity index (χ4n) is 3.23. The van der Waals surface area contributed by atoms with Gasteiger partial charge in [-0.15, -0.1) is 6.58 Å². The molecule has 1 amide bonds. The first-order chi connectivity index (χ1) is 15.4. The van der Waals surface area contributed by atoms with Crippen LogP contribution in [0.1, 0.15) is 23.6 Å². The molecule has 32 heavy (non-hydrogen) atoms. The topological polar surface area (TPSA) is 96.9 Å². The van der Waals surface area contributed by atoms with Gasteiger partial charge >= 0.3 is 5.97 Å². The molecule has 0 radical (unpaired) electrons. The second kappa shape index (κ2) is 10.8. The van der Waals surface area contributed by atoms with Crippen molar-refractivity contribution >= 4 is 35.4 Å². The first kappa shape index (κ1) is 23.3. The van der Waals surface area contributed by atoms with E-state index >= 15 is 0 Å². The molecule has 168 valence electrons. The predicted molar refractivity (Wildman–Crippen MR) is 127 cm³/mol. The molecular weight excluding hydrogens is 428 g/mol. The summed E-state index contributed by atoms with van der Waals surface area (Å²) in [5, 5.41) is 15.2. The van der Waals surface area contributed by atoms with Crippen molar-refractivity contribution in [2.24, 2.45) is 0 Å². The molecule has 0 spiro atoms. The van der Waals surface area contributed by atoms with E-state index in [9.17, 15) is 9.59 Å². The SMILES string of the molecule is C=CCc1cc(/C=C2\S[C@@H](Nc3ccc(CC)cc3)NC2=O)cc(OC)c1OCC(=O)O. The Kier molecular flexibility index (Phi) is 7.83. The minimum Gasteiger partial charge on any atom is -0.493 e. The smallest absolute Gasteiger partial charge is 0.341 e. The molecule has 2 aromatic carbocycles. The molecule has 0 aromatic heterocycles. The second-order valence-corrected chi connectivity index (χ2v) is 8.21. The number of carboxylic acid groups (broad SMARTS) is 1. The van der Waals surface area contributed by atoms with E-state index in [-0.39, 0.29) is 11.4 Å². The van der Waals surface area contributed by atoms with Crippen LogP contribution in [0.3, 0.4) is 0 Å². The molecule has 0 bridgehead atoms. The number of nitrogens with one attached hydrogen (secondary N) is 2. The summed E-state index contributed by atoms with van der Waals surface area (Å²) in [5.41, 5.74) is 3.36. The predicted octanol–water partition coefficient (Wildman–Crippen LogP) is 4.05. The van der Waals surface area contributed by atoms with Crippen molar-refractivity contribution in [3.63, 3.8) is 0 Å². The number of rotatable bonds is 10. The Morgan fingerprint density at radius 3 is 2.69 bits per heavy atom. The third kappa shape index (κ3) is 5.85. The van der Waals surface area contributed by atoms with Gasteiger partial charge in [0.2, 0.25) is 0 Å². The lowest BCUT2D eigenvalue weighted by Gasteiger charge is -2.15. The normalized spacial score (nSPS) is 16.5. The number of benzene rings is 2. The molecule has 1 fully saturated rings. The summed E-state index contributed by atoms with van der Waals surface area (Å²) in [6, 6.07) is 11.7. The van der Waals surface area contributed by atoms with Crippen molar-refractivity contribution in [3.05, 3.63) is 70.6 Å². The quantitative estimate of drug-likeness (QED) is 0.368. The summed E-state index contributed by atoms with van der Waals surface area (Å²) in [5.74, 6) is -0.500. The first-order valence-corrected chi connectivity index (χ1v) is 11.0. The van der Waals surface area contributed by atoms with Crippen molar-refractivity contribution in [2.45, 2.75) is 25.3 Å². The van der Waals surface area contributed by atoms with Crippen molar-refractivity contribution in [1.29, 1.82) is 0 Å². The van der Waals surface area contributed by atoms with E-state index in [1.807, 2.05) is 18.2 Å². The maximum atomic E-state index is 12.5. The largest absolute Gasteiger partial charge is 0.493 e. The highest BCUT2D eigenvalue weighted by molar-refractivity contribution is 8.05. The Bertz CT molecular complexity index is 1030. The standard InChI is InChI=1S/C24H26N2O5S/c1-4-6-17-11-16(12-19(30-3)22(17)31-14-21(27)28)13-20-23(29)26-24(32-20)25-18-9-7-15(5-2)8-10-18/h4,7-13,24-25H,1,5-6,14H2,2-3H3,(H,26,29)(H,27,28)/b20-13-/t24-/m0/s1. The second-order valence-electron chi connectivity index (χ2n) is 7.06. The van der Waals surface area contributed by atoms with Crippen LogP contribution in [-0.4, -0.2) is 36.2 Å². The lowest BCUT2D eigenvalue weighted by atomic mass is 10.0. The molecule has 7 nitrogen and oxygen atoms in total. The molecule has 1 aliphatic heterocycles. The summed E-state index contributed by atoms with van der Waals surface area (Å²) >= 11 is 1.39. The number of amides is 1. The maximum absolute atomic E-state index is 12.5. The van der Waals surface area contributed by atoms with E-state index in [0.29, 0.717) is 22.8 Å². The minimum absolute atomic E-state index is 0.173. The van der Waals surface area contributed by atoms with Crippen molar-refractivity contribution < 1.29 is 24.2 Å². The van der Waals surface area contributed by atoms with E-state index in [2.05, 4.69) is 36.3 Å². The van der Waals surface area contributed by atoms with E-state index in [4.69, 9.17) is 14.6 Å². The fourth-order valence-corrected chi connectivity index (χ4v) is 4.21. The van der Waals surface area contributed by atoms with E-state index in [1.165, 1.54) is 24.4 Å². The van der Waals surface area contributed by atoms with Gasteiger partial charge in [0.15, 0.2) is 23.6 Å². The molecule has 1 heterocycles. The Balaban J connectivity index is 1.81. The van der Waals surface area contributed by atoms with Gasteiger partial charge in [-0.25, -0.2) is 4.79 Å². The number of thioether (sulfide) groups is 1. The monoisotopic (exact) mass is 454 g/mol. The number of ether oxygens (including phenoxy) is 2. The summed E-state index contributed by atoms with van der Waals surface area (Å²) < 4.78 is 10.8. The van der Waals surface area contributed by atoms with Crippen LogP contribution in [0.5, 0.6) is 11.5 Å². The number of anilines is 1. The number of hydrogen-bond donors (Lipinski definition) is 3. The van der Waals surface area contributed by atoms with Crippen LogP contribution in [0.15, 0.2) is 54.0 Å². The Hall–Kier alpha value is -3.39. The van der Waals surface area contributed by atoms with Crippen LogP contribution < -0.4 is 20.1 Å². The summed E-state index contributed by atoms with van der Waals surface area (Å²) in [4.78, 5) is 24.0. The van der Waals surface area contributed by atoms with Crippen LogP contribution >= 0.6 is 11.8 Å². The molecule has 8 heteroatoms. The zero-order valence-corrected chi connectivity index (χ0v) is 18.8. The Labute approximate surface area is 191 Å². The summed E-state index contributed by atoms with van der Waals surface area (Å²) in [6.45, 7) is 5.37. The molecule has 1 saturated heterocycles. The molecule has 1 atom stereocenters. The van der Waals surface area contributed by atoms with Gasteiger partial charge < -0.3 is 25.2 Å². The first-order valence-electron chi connectivity index (χ1n) is 10.1. The van der Waals surface area contributed by atoms with Gasteiger partial charge in [-0.05, 0) is 54.3 Å². The molecule has 3 rings (SSSR count). The van der Waals surface area contributed by atoms with E-state index < -0.39 is 12.6 Å². The third-order valence-corrected chi connectivity index (χ3v) is 5.80. The van der Waals surface area contributed by atoms with Gasteiger partial charge in [0.25, 0.3) is 5.91 Å². The van der Waals surface area contributed by atoms with E-state index in [1.54, 1.807) is 18.2 Å². The summed E-state index contributed by atoms with van der Waals surface area (Å²) in [6.07, 6.45) is 4.90. The van der Waals surface area contributed by atoms with Gasteiger partial charge in [-0.1, -0.05) is 36.9 Å². The Morgan fingerprint density at radius 2 is 2.06 bits per heavy atom. The molecule has 0 unspecified atom stereocenters. The fraction of sp³-hybridized carbons (Fsp3) is 0.250. The zero-order chi connectivity index (χ0) is 23.1. The number of carboxylic acids is 1. The number of allylic oxidation sites excluding steroid dienone is 1. The van der Waals surface area contributed by atoms with E-state index in [0.717, 1.165) is 23.2 Å². The average molecular weight is 455 g/mol. The molecule has 2 aromatic rings. The van der Waals surface area contributed by atoms with Crippen molar-refractivity contribution in [2.75, 3.05) is 19.0 Å². The number of aryl methyl sites for hydroxylation is 1. The number of carbonyl (C=O) groups is 2. The molecule has 0 aliphatic carbocycles. The van der Waals surface area contributed by atoms with Crippen LogP contribution in [-0.2, 0) is 22.4 Å². The van der Waals surface area contributed by atoms with Crippen molar-refractivity contribution in [3.8, 4) is 11.5 Å². The van der Waals surface area contributed by atoms with Gasteiger partial charge in [-0.3, -0.25) is 4.79 Å². The highest BCUT2D eigenvalue weighted by Crippen LogP contribution is 2.36. The van der Waals surface area contributed by atoms with Gasteiger partial charge in [0.1, 0.15) is 0 Å². The molecule has 3 N–H and O–H groups in total. The average Bonchev–Trinajstić information content (AvgIpc) is 3.11. The maximum Gasteiger partial charge on any atom is 0.341 e. The highest BCUT2D eigenvalue weighted by Gasteiger charge is 2.27.